The van der Waals surface area contributed by atoms with E-state index in [9.17, 15) is 4.79 Å². The van der Waals surface area contributed by atoms with Crippen LogP contribution in [0.1, 0.15) is 12.5 Å². The van der Waals surface area contributed by atoms with Gasteiger partial charge < -0.3 is 15.8 Å². The van der Waals surface area contributed by atoms with Crippen molar-refractivity contribution in [2.45, 2.75) is 19.5 Å². The Balaban J connectivity index is 0.00000225. The van der Waals surface area contributed by atoms with Crippen LogP contribution in [-0.2, 0) is 11.3 Å². The molecule has 0 bridgehead atoms. The van der Waals surface area contributed by atoms with Crippen LogP contribution in [0.3, 0.4) is 0 Å². The molecule has 0 aliphatic rings. The molecule has 0 aromatic heterocycles. The van der Waals surface area contributed by atoms with Crippen LogP contribution in [-0.4, -0.2) is 19.1 Å². The van der Waals surface area contributed by atoms with E-state index in [1.54, 1.807) is 14.0 Å². The van der Waals surface area contributed by atoms with E-state index >= 15 is 0 Å². The number of carbonyl (C=O) groups is 1. The van der Waals surface area contributed by atoms with Crippen LogP contribution in [0, 0.1) is 0 Å². The topological polar surface area (TPSA) is 64.3 Å². The number of amides is 1. The Morgan fingerprint density at radius 1 is 1.50 bits per heavy atom. The molecule has 5 heteroatoms. The highest BCUT2D eigenvalue weighted by Gasteiger charge is 2.07. The lowest BCUT2D eigenvalue weighted by molar-refractivity contribution is -0.122. The Labute approximate surface area is 102 Å². The smallest absolute Gasteiger partial charge is 0.236 e. The number of benzene rings is 1. The fourth-order valence-corrected chi connectivity index (χ4v) is 1.19. The summed E-state index contributed by atoms with van der Waals surface area (Å²) in [6.45, 7) is 2.09. The summed E-state index contributed by atoms with van der Waals surface area (Å²) in [7, 11) is 1.60. The van der Waals surface area contributed by atoms with Gasteiger partial charge in [-0.15, -0.1) is 12.4 Å². The maximum absolute atomic E-state index is 11.2. The van der Waals surface area contributed by atoms with E-state index in [0.29, 0.717) is 6.54 Å². The number of ether oxygens (including phenoxy) is 1. The standard InChI is InChI=1S/C11H16N2O2.ClH/c1-8(12)11(14)13-7-9-5-3-4-6-10(9)15-2;/h3-6,8H,7,12H2,1-2H3,(H,13,14);1H/t8-;/m0./s1. The molecule has 0 radical (unpaired) electrons. The van der Waals surface area contributed by atoms with Gasteiger partial charge in [0.25, 0.3) is 0 Å². The van der Waals surface area contributed by atoms with Gasteiger partial charge in [0.15, 0.2) is 0 Å². The first-order valence-electron chi connectivity index (χ1n) is 4.80. The fraction of sp³-hybridized carbons (Fsp3) is 0.364. The molecule has 90 valence electrons. The Morgan fingerprint density at radius 2 is 2.12 bits per heavy atom. The van der Waals surface area contributed by atoms with Crippen molar-refractivity contribution in [1.82, 2.24) is 5.32 Å². The van der Waals surface area contributed by atoms with E-state index < -0.39 is 6.04 Å². The summed E-state index contributed by atoms with van der Waals surface area (Å²) in [6, 6.07) is 7.05. The highest BCUT2D eigenvalue weighted by atomic mass is 35.5. The quantitative estimate of drug-likeness (QED) is 0.833. The fourth-order valence-electron chi connectivity index (χ4n) is 1.19. The maximum atomic E-state index is 11.2. The highest BCUT2D eigenvalue weighted by molar-refractivity contribution is 5.85. The summed E-state index contributed by atoms with van der Waals surface area (Å²) in [6.07, 6.45) is 0. The summed E-state index contributed by atoms with van der Waals surface area (Å²) in [5.74, 6) is 0.600. The number of para-hydroxylation sites is 1. The molecule has 1 rings (SSSR count). The molecule has 0 unspecified atom stereocenters. The van der Waals surface area contributed by atoms with E-state index in [2.05, 4.69) is 5.32 Å². The summed E-state index contributed by atoms with van der Waals surface area (Å²) in [4.78, 5) is 11.2. The molecule has 0 fully saturated rings. The van der Waals surface area contributed by atoms with Gasteiger partial charge in [-0.05, 0) is 13.0 Å². The minimum atomic E-state index is -0.486. The number of nitrogens with two attached hydrogens (primary N) is 1. The second kappa shape index (κ2) is 7.09. The average Bonchev–Trinajstić information content (AvgIpc) is 2.26. The van der Waals surface area contributed by atoms with Gasteiger partial charge in [-0.1, -0.05) is 18.2 Å². The van der Waals surface area contributed by atoms with Crippen molar-refractivity contribution < 1.29 is 9.53 Å². The average molecular weight is 245 g/mol. The predicted molar refractivity (Wildman–Crippen MR) is 65.7 cm³/mol. The molecule has 0 spiro atoms. The first-order valence-corrected chi connectivity index (χ1v) is 4.80. The summed E-state index contributed by atoms with van der Waals surface area (Å²) >= 11 is 0. The Hall–Kier alpha value is -1.26. The van der Waals surface area contributed by atoms with Crippen LogP contribution in [0.25, 0.3) is 0 Å². The third-order valence-electron chi connectivity index (χ3n) is 2.06. The molecule has 4 nitrogen and oxygen atoms in total. The zero-order chi connectivity index (χ0) is 11.3. The van der Waals surface area contributed by atoms with Gasteiger partial charge in [0.05, 0.1) is 13.2 Å². The van der Waals surface area contributed by atoms with Crippen molar-refractivity contribution in [1.29, 1.82) is 0 Å². The number of halogens is 1. The molecule has 0 aliphatic carbocycles. The van der Waals surface area contributed by atoms with Crippen LogP contribution in [0.2, 0.25) is 0 Å². The van der Waals surface area contributed by atoms with Crippen LogP contribution in [0.5, 0.6) is 5.75 Å². The van der Waals surface area contributed by atoms with Crippen LogP contribution < -0.4 is 15.8 Å². The molecule has 1 aromatic rings. The Kier molecular flexibility index (Phi) is 6.53. The summed E-state index contributed by atoms with van der Waals surface area (Å²) in [5, 5.41) is 2.73. The monoisotopic (exact) mass is 244 g/mol. The number of nitrogens with one attached hydrogen (secondary N) is 1. The third kappa shape index (κ3) is 4.08. The number of rotatable bonds is 4. The van der Waals surface area contributed by atoms with Crippen molar-refractivity contribution in [3.63, 3.8) is 0 Å². The maximum Gasteiger partial charge on any atom is 0.236 e. The molecule has 0 saturated heterocycles. The zero-order valence-corrected chi connectivity index (χ0v) is 10.2. The van der Waals surface area contributed by atoms with Crippen molar-refractivity contribution in [2.24, 2.45) is 5.73 Å². The van der Waals surface area contributed by atoms with Crippen molar-refractivity contribution >= 4 is 18.3 Å². The SMILES string of the molecule is COc1ccccc1CNC(=O)[C@H](C)N.Cl. The molecule has 0 heterocycles. The minimum Gasteiger partial charge on any atom is -0.496 e. The van der Waals surface area contributed by atoms with Gasteiger partial charge in [-0.3, -0.25) is 4.79 Å². The normalized spacial score (nSPS) is 11.2. The highest BCUT2D eigenvalue weighted by Crippen LogP contribution is 2.16. The molecule has 1 atom stereocenters. The molecule has 3 N–H and O–H groups in total. The first kappa shape index (κ1) is 14.7. The van der Waals surface area contributed by atoms with Gasteiger partial charge in [0, 0.05) is 12.1 Å². The van der Waals surface area contributed by atoms with Crippen LogP contribution in [0.4, 0.5) is 0 Å². The van der Waals surface area contributed by atoms with Crippen LogP contribution >= 0.6 is 12.4 Å². The van der Waals surface area contributed by atoms with Crippen molar-refractivity contribution in [3.8, 4) is 5.75 Å². The number of hydrogen-bond acceptors (Lipinski definition) is 3. The van der Waals surface area contributed by atoms with Crippen molar-refractivity contribution in [3.05, 3.63) is 29.8 Å². The summed E-state index contributed by atoms with van der Waals surface area (Å²) in [5.41, 5.74) is 6.37. The second-order valence-corrected chi connectivity index (χ2v) is 3.32. The number of hydrogen-bond donors (Lipinski definition) is 2. The van der Waals surface area contributed by atoms with E-state index in [1.807, 2.05) is 24.3 Å². The Bertz CT molecular complexity index is 343. The van der Waals surface area contributed by atoms with Crippen LogP contribution in [0.15, 0.2) is 24.3 Å². The molecular formula is C11H17ClN2O2. The van der Waals surface area contributed by atoms with Crippen molar-refractivity contribution in [2.75, 3.05) is 7.11 Å². The van der Waals surface area contributed by atoms with Gasteiger partial charge in [-0.2, -0.15) is 0 Å². The largest absolute Gasteiger partial charge is 0.496 e. The molecule has 0 aliphatic heterocycles. The summed E-state index contributed by atoms with van der Waals surface area (Å²) < 4.78 is 5.16. The van der Waals surface area contributed by atoms with E-state index in [1.165, 1.54) is 0 Å². The predicted octanol–water partition coefficient (Wildman–Crippen LogP) is 1.08. The molecule has 16 heavy (non-hydrogen) atoms. The van der Waals surface area contributed by atoms with Gasteiger partial charge in [0.1, 0.15) is 5.75 Å². The molecular weight excluding hydrogens is 228 g/mol. The minimum absolute atomic E-state index is 0. The lowest BCUT2D eigenvalue weighted by Gasteiger charge is -2.10. The Morgan fingerprint density at radius 3 is 2.69 bits per heavy atom. The van der Waals surface area contributed by atoms with E-state index in [0.717, 1.165) is 11.3 Å². The first-order chi connectivity index (χ1) is 7.15. The van der Waals surface area contributed by atoms with E-state index in [-0.39, 0.29) is 18.3 Å². The molecule has 1 aromatic carbocycles. The van der Waals surface area contributed by atoms with Gasteiger partial charge in [-0.25, -0.2) is 0 Å². The lowest BCUT2D eigenvalue weighted by atomic mass is 10.2. The second-order valence-electron chi connectivity index (χ2n) is 3.32. The van der Waals surface area contributed by atoms with Gasteiger partial charge >= 0.3 is 0 Å². The van der Waals surface area contributed by atoms with E-state index in [4.69, 9.17) is 10.5 Å². The lowest BCUT2D eigenvalue weighted by Crippen LogP contribution is -2.37. The third-order valence-corrected chi connectivity index (χ3v) is 2.06. The number of methoxy groups -OCH3 is 1. The molecule has 1 amide bonds. The number of carbonyl (C=O) groups excluding carboxylic acids is 1. The zero-order valence-electron chi connectivity index (χ0n) is 9.40. The van der Waals surface area contributed by atoms with Gasteiger partial charge in [0.2, 0.25) is 5.91 Å². The molecule has 0 saturated carbocycles.